The van der Waals surface area contributed by atoms with Gasteiger partial charge in [0.2, 0.25) is 0 Å². The molecule has 31 heavy (non-hydrogen) atoms. The van der Waals surface area contributed by atoms with Crippen molar-refractivity contribution in [3.63, 3.8) is 0 Å². The maximum Gasteiger partial charge on any atom is 0.287 e. The zero-order chi connectivity index (χ0) is 22.4. The molecule has 0 fully saturated rings. The fourth-order valence-corrected chi connectivity index (χ4v) is 3.34. The van der Waals surface area contributed by atoms with E-state index in [0.29, 0.717) is 18.7 Å². The zero-order valence-electron chi connectivity index (χ0n) is 19.0. The van der Waals surface area contributed by atoms with E-state index in [-0.39, 0.29) is 11.3 Å². The normalized spacial score (nSPS) is 11.3. The van der Waals surface area contributed by atoms with Crippen LogP contribution in [0.25, 0.3) is 0 Å². The SMILES string of the molecule is CCC(C)(C)c1ccc(OC)c(Cc2ccc(C(=O)NCc3ccc(OC)cc3)o2)c1. The highest BCUT2D eigenvalue weighted by molar-refractivity contribution is 5.91. The summed E-state index contributed by atoms with van der Waals surface area (Å²) in [5.41, 5.74) is 3.37. The van der Waals surface area contributed by atoms with Gasteiger partial charge < -0.3 is 19.2 Å². The Kier molecular flexibility index (Phi) is 7.06. The van der Waals surface area contributed by atoms with Crippen molar-refractivity contribution >= 4 is 5.91 Å². The van der Waals surface area contributed by atoms with Crippen LogP contribution in [0, 0.1) is 0 Å². The number of methoxy groups -OCH3 is 2. The van der Waals surface area contributed by atoms with Crippen molar-refractivity contribution in [1.29, 1.82) is 0 Å². The van der Waals surface area contributed by atoms with Crippen molar-refractivity contribution < 1.29 is 18.7 Å². The molecule has 0 aliphatic rings. The van der Waals surface area contributed by atoms with Gasteiger partial charge in [-0.25, -0.2) is 0 Å². The molecular weight excluding hydrogens is 390 g/mol. The Hall–Kier alpha value is -3.21. The molecule has 0 bridgehead atoms. The van der Waals surface area contributed by atoms with Gasteiger partial charge in [0.05, 0.1) is 14.2 Å². The summed E-state index contributed by atoms with van der Waals surface area (Å²) in [5, 5.41) is 2.89. The van der Waals surface area contributed by atoms with Gasteiger partial charge in [-0.15, -0.1) is 0 Å². The maximum absolute atomic E-state index is 12.5. The van der Waals surface area contributed by atoms with Crippen molar-refractivity contribution in [1.82, 2.24) is 5.32 Å². The van der Waals surface area contributed by atoms with Crippen molar-refractivity contribution in [2.24, 2.45) is 0 Å². The minimum atomic E-state index is -0.241. The van der Waals surface area contributed by atoms with Crippen LogP contribution in [0.5, 0.6) is 11.5 Å². The number of carbonyl (C=O) groups excluding carboxylic acids is 1. The standard InChI is InChI=1S/C26H31NO4/c1-6-26(2,3)20-9-13-23(30-5)19(15-20)16-22-12-14-24(31-22)25(28)27-17-18-7-10-21(29-4)11-8-18/h7-15H,6,16-17H2,1-5H3,(H,27,28). The number of rotatable bonds is 9. The Labute approximate surface area is 184 Å². The van der Waals surface area contributed by atoms with E-state index in [0.717, 1.165) is 34.8 Å². The summed E-state index contributed by atoms with van der Waals surface area (Å²) in [6.07, 6.45) is 1.60. The van der Waals surface area contributed by atoms with Crippen molar-refractivity contribution in [3.8, 4) is 11.5 Å². The molecule has 164 valence electrons. The molecule has 5 nitrogen and oxygen atoms in total. The van der Waals surface area contributed by atoms with E-state index in [1.807, 2.05) is 36.4 Å². The summed E-state index contributed by atoms with van der Waals surface area (Å²) in [7, 11) is 3.30. The number of hydrogen-bond acceptors (Lipinski definition) is 4. The first-order valence-corrected chi connectivity index (χ1v) is 10.5. The van der Waals surface area contributed by atoms with Crippen LogP contribution in [0.1, 0.15) is 60.2 Å². The largest absolute Gasteiger partial charge is 0.497 e. The third-order valence-electron chi connectivity index (χ3n) is 5.81. The lowest BCUT2D eigenvalue weighted by Gasteiger charge is -2.24. The second-order valence-electron chi connectivity index (χ2n) is 8.24. The fraction of sp³-hybridized carbons (Fsp3) is 0.346. The summed E-state index contributed by atoms with van der Waals surface area (Å²) in [4.78, 5) is 12.5. The Balaban J connectivity index is 1.69. The zero-order valence-corrected chi connectivity index (χ0v) is 19.0. The van der Waals surface area contributed by atoms with Crippen LogP contribution >= 0.6 is 0 Å². The number of hydrogen-bond donors (Lipinski definition) is 1. The third kappa shape index (κ3) is 5.48. The van der Waals surface area contributed by atoms with Crippen LogP contribution in [0.3, 0.4) is 0 Å². The maximum atomic E-state index is 12.5. The van der Waals surface area contributed by atoms with E-state index < -0.39 is 0 Å². The average molecular weight is 422 g/mol. The number of ether oxygens (including phenoxy) is 2. The van der Waals surface area contributed by atoms with E-state index in [1.165, 1.54) is 5.56 Å². The van der Waals surface area contributed by atoms with Crippen molar-refractivity contribution in [3.05, 3.63) is 82.8 Å². The molecule has 5 heteroatoms. The number of benzene rings is 2. The van der Waals surface area contributed by atoms with Crippen molar-refractivity contribution in [2.45, 2.75) is 45.6 Å². The molecule has 1 N–H and O–H groups in total. The molecule has 0 radical (unpaired) electrons. The Morgan fingerprint density at radius 3 is 2.39 bits per heavy atom. The second-order valence-corrected chi connectivity index (χ2v) is 8.24. The fourth-order valence-electron chi connectivity index (χ4n) is 3.34. The van der Waals surface area contributed by atoms with Crippen LogP contribution in [0.2, 0.25) is 0 Å². The lowest BCUT2D eigenvalue weighted by atomic mass is 9.81. The summed E-state index contributed by atoms with van der Waals surface area (Å²) < 4.78 is 16.5. The topological polar surface area (TPSA) is 60.7 Å². The van der Waals surface area contributed by atoms with Gasteiger partial charge in [-0.05, 0) is 53.3 Å². The number of amides is 1. The number of nitrogens with one attached hydrogen (secondary N) is 1. The third-order valence-corrected chi connectivity index (χ3v) is 5.81. The van der Waals surface area contributed by atoms with Crippen LogP contribution in [0.15, 0.2) is 59.0 Å². The molecule has 0 atom stereocenters. The number of furan rings is 1. The molecule has 0 aliphatic heterocycles. The molecule has 1 aromatic heterocycles. The minimum absolute atomic E-state index is 0.0800. The van der Waals surface area contributed by atoms with Gasteiger partial charge in [-0.3, -0.25) is 4.79 Å². The Morgan fingerprint density at radius 2 is 1.74 bits per heavy atom. The molecule has 3 rings (SSSR count). The van der Waals surface area contributed by atoms with Gasteiger partial charge in [0.1, 0.15) is 17.3 Å². The molecule has 3 aromatic rings. The Morgan fingerprint density at radius 1 is 1.00 bits per heavy atom. The molecule has 1 heterocycles. The van der Waals surface area contributed by atoms with Crippen molar-refractivity contribution in [2.75, 3.05) is 14.2 Å². The monoisotopic (exact) mass is 421 g/mol. The highest BCUT2D eigenvalue weighted by Gasteiger charge is 2.20. The van der Waals surface area contributed by atoms with Crippen LogP contribution in [-0.2, 0) is 18.4 Å². The molecule has 0 aliphatic carbocycles. The predicted octanol–water partition coefficient (Wildman–Crippen LogP) is 5.51. The summed E-state index contributed by atoms with van der Waals surface area (Å²) in [6.45, 7) is 7.07. The lowest BCUT2D eigenvalue weighted by molar-refractivity contribution is 0.0921. The minimum Gasteiger partial charge on any atom is -0.497 e. The van der Waals surface area contributed by atoms with E-state index in [2.05, 4.69) is 38.2 Å². The first kappa shape index (κ1) is 22.5. The molecule has 1 amide bonds. The van der Waals surface area contributed by atoms with Gasteiger partial charge in [-0.1, -0.05) is 45.0 Å². The van der Waals surface area contributed by atoms with E-state index in [1.54, 1.807) is 20.3 Å². The molecule has 0 unspecified atom stereocenters. The molecule has 2 aromatic carbocycles. The van der Waals surface area contributed by atoms with Gasteiger partial charge in [-0.2, -0.15) is 0 Å². The summed E-state index contributed by atoms with van der Waals surface area (Å²) in [5.74, 6) is 2.38. The Bertz CT molecular complexity index is 1020. The van der Waals surface area contributed by atoms with Gasteiger partial charge in [0, 0.05) is 18.5 Å². The highest BCUT2D eigenvalue weighted by atomic mass is 16.5. The average Bonchev–Trinajstić information content (AvgIpc) is 3.26. The quantitative estimate of drug-likeness (QED) is 0.495. The molecular formula is C26H31NO4. The van der Waals surface area contributed by atoms with E-state index in [4.69, 9.17) is 13.9 Å². The highest BCUT2D eigenvalue weighted by Crippen LogP contribution is 2.32. The first-order chi connectivity index (χ1) is 14.9. The summed E-state index contributed by atoms with van der Waals surface area (Å²) in [6, 6.07) is 17.4. The van der Waals surface area contributed by atoms with E-state index in [9.17, 15) is 4.79 Å². The first-order valence-electron chi connectivity index (χ1n) is 10.5. The summed E-state index contributed by atoms with van der Waals surface area (Å²) >= 11 is 0. The molecule has 0 saturated heterocycles. The van der Waals surface area contributed by atoms with Crippen LogP contribution in [-0.4, -0.2) is 20.1 Å². The predicted molar refractivity (Wildman–Crippen MR) is 122 cm³/mol. The lowest BCUT2D eigenvalue weighted by Crippen LogP contribution is -2.22. The van der Waals surface area contributed by atoms with Gasteiger partial charge >= 0.3 is 0 Å². The molecule has 0 spiro atoms. The number of carbonyl (C=O) groups is 1. The smallest absolute Gasteiger partial charge is 0.287 e. The van der Waals surface area contributed by atoms with Crippen LogP contribution in [0.4, 0.5) is 0 Å². The van der Waals surface area contributed by atoms with Gasteiger partial charge in [0.15, 0.2) is 5.76 Å². The second kappa shape index (κ2) is 9.73. The molecule has 0 saturated carbocycles. The van der Waals surface area contributed by atoms with Crippen LogP contribution < -0.4 is 14.8 Å². The van der Waals surface area contributed by atoms with E-state index >= 15 is 0 Å². The van der Waals surface area contributed by atoms with Gasteiger partial charge in [0.25, 0.3) is 5.91 Å².